The molecule has 0 fully saturated rings. The first kappa shape index (κ1) is 15.7. The van der Waals surface area contributed by atoms with Gasteiger partial charge < -0.3 is 4.74 Å². The Kier molecular flexibility index (Phi) is 4.80. The maximum atomic E-state index is 12.4. The summed E-state index contributed by atoms with van der Waals surface area (Å²) in [6.45, 7) is 4.54. The predicted octanol–water partition coefficient (Wildman–Crippen LogP) is 2.57. The molecule has 0 aliphatic carbocycles. The van der Waals surface area contributed by atoms with Crippen molar-refractivity contribution in [1.29, 1.82) is 0 Å². The number of fused-ring (bicyclic) bond motifs is 1. The van der Waals surface area contributed by atoms with Gasteiger partial charge in [-0.1, -0.05) is 13.8 Å². The largest absolute Gasteiger partial charge is 0.494 e. The Morgan fingerprint density at radius 2 is 2.05 bits per heavy atom. The molecule has 6 heteroatoms. The van der Waals surface area contributed by atoms with Gasteiger partial charge in [-0.05, 0) is 36.6 Å². The minimum atomic E-state index is -3.55. The Balaban J connectivity index is 2.42. The van der Waals surface area contributed by atoms with Gasteiger partial charge >= 0.3 is 0 Å². The summed E-state index contributed by atoms with van der Waals surface area (Å²) < 4.78 is 32.8. The molecule has 0 aliphatic heterocycles. The zero-order chi connectivity index (χ0) is 15.5. The van der Waals surface area contributed by atoms with E-state index in [1.807, 2.05) is 0 Å². The van der Waals surface area contributed by atoms with Gasteiger partial charge in [0.25, 0.3) is 0 Å². The summed E-state index contributed by atoms with van der Waals surface area (Å²) in [4.78, 5) is 4.45. The van der Waals surface area contributed by atoms with Gasteiger partial charge in [0.1, 0.15) is 11.3 Å². The van der Waals surface area contributed by atoms with Crippen LogP contribution in [0.2, 0.25) is 0 Å². The van der Waals surface area contributed by atoms with E-state index in [1.165, 1.54) is 0 Å². The molecule has 114 valence electrons. The zero-order valence-electron chi connectivity index (χ0n) is 12.5. The highest BCUT2D eigenvalue weighted by molar-refractivity contribution is 7.89. The highest BCUT2D eigenvalue weighted by atomic mass is 32.2. The van der Waals surface area contributed by atoms with Crippen molar-refractivity contribution in [1.82, 2.24) is 9.71 Å². The van der Waals surface area contributed by atoms with Crippen molar-refractivity contribution in [2.24, 2.45) is 5.92 Å². The minimum Gasteiger partial charge on any atom is -0.494 e. The number of ether oxygens (including phenoxy) is 1. The second kappa shape index (κ2) is 6.41. The van der Waals surface area contributed by atoms with Crippen molar-refractivity contribution in [2.75, 3.05) is 13.7 Å². The highest BCUT2D eigenvalue weighted by Gasteiger charge is 2.19. The van der Waals surface area contributed by atoms with E-state index in [4.69, 9.17) is 4.74 Å². The minimum absolute atomic E-state index is 0.232. The number of rotatable bonds is 6. The standard InChI is InChI=1S/C15H20N2O3S/c1-11(2)8-10-17-21(18,19)14-7-6-13(20-3)15-12(14)5-4-9-16-15/h4-7,9,11,17H,8,10H2,1-3H3. The van der Waals surface area contributed by atoms with Crippen LogP contribution in [-0.2, 0) is 10.0 Å². The zero-order valence-corrected chi connectivity index (χ0v) is 13.3. The molecule has 0 amide bonds. The topological polar surface area (TPSA) is 68.3 Å². The van der Waals surface area contributed by atoms with Gasteiger partial charge in [-0.3, -0.25) is 4.98 Å². The van der Waals surface area contributed by atoms with Crippen LogP contribution in [0.1, 0.15) is 20.3 Å². The summed E-state index contributed by atoms with van der Waals surface area (Å²) in [6, 6.07) is 6.64. The normalized spacial score (nSPS) is 12.0. The van der Waals surface area contributed by atoms with Crippen LogP contribution in [-0.4, -0.2) is 27.1 Å². The monoisotopic (exact) mass is 308 g/mol. The molecule has 5 nitrogen and oxygen atoms in total. The summed E-state index contributed by atoms with van der Waals surface area (Å²) in [7, 11) is -2.01. The quantitative estimate of drug-likeness (QED) is 0.890. The molecule has 2 rings (SSSR count). The number of aromatic nitrogens is 1. The number of nitrogens with zero attached hydrogens (tertiary/aromatic N) is 1. The molecule has 0 saturated carbocycles. The molecule has 0 aliphatic rings. The molecule has 0 radical (unpaired) electrons. The maximum Gasteiger partial charge on any atom is 0.241 e. The van der Waals surface area contributed by atoms with Crippen LogP contribution in [0, 0.1) is 5.92 Å². The summed E-state index contributed by atoms with van der Waals surface area (Å²) in [6.07, 6.45) is 2.42. The molecule has 1 aromatic carbocycles. The lowest BCUT2D eigenvalue weighted by Crippen LogP contribution is -2.25. The van der Waals surface area contributed by atoms with E-state index in [9.17, 15) is 8.42 Å². The third kappa shape index (κ3) is 3.51. The number of methoxy groups -OCH3 is 1. The van der Waals surface area contributed by atoms with Gasteiger partial charge in [-0.25, -0.2) is 13.1 Å². The number of hydrogen-bond donors (Lipinski definition) is 1. The van der Waals surface area contributed by atoms with Crippen molar-refractivity contribution in [3.63, 3.8) is 0 Å². The molecule has 0 bridgehead atoms. The van der Waals surface area contributed by atoms with Gasteiger partial charge in [0.15, 0.2) is 0 Å². The molecule has 0 saturated heterocycles. The van der Waals surface area contributed by atoms with Gasteiger partial charge in [-0.2, -0.15) is 0 Å². The average molecular weight is 308 g/mol. The summed E-state index contributed by atoms with van der Waals surface area (Å²) in [5.74, 6) is 1.01. The third-order valence-electron chi connectivity index (χ3n) is 3.22. The van der Waals surface area contributed by atoms with E-state index >= 15 is 0 Å². The Hall–Kier alpha value is -1.66. The van der Waals surface area contributed by atoms with Crippen molar-refractivity contribution in [3.8, 4) is 5.75 Å². The van der Waals surface area contributed by atoms with Crippen LogP contribution in [0.15, 0.2) is 35.4 Å². The van der Waals surface area contributed by atoms with Gasteiger partial charge in [0.05, 0.1) is 12.0 Å². The van der Waals surface area contributed by atoms with Gasteiger partial charge in [-0.15, -0.1) is 0 Å². The van der Waals surface area contributed by atoms with E-state index in [0.29, 0.717) is 29.1 Å². The number of sulfonamides is 1. The molecule has 21 heavy (non-hydrogen) atoms. The van der Waals surface area contributed by atoms with Gasteiger partial charge in [0.2, 0.25) is 10.0 Å². The fourth-order valence-corrected chi connectivity index (χ4v) is 3.32. The molecule has 2 aromatic rings. The number of pyridine rings is 1. The van der Waals surface area contributed by atoms with Crippen molar-refractivity contribution in [3.05, 3.63) is 30.5 Å². The lowest BCUT2D eigenvalue weighted by molar-refractivity contribution is 0.418. The van der Waals surface area contributed by atoms with Gasteiger partial charge in [0, 0.05) is 18.1 Å². The Morgan fingerprint density at radius 3 is 2.71 bits per heavy atom. The van der Waals surface area contributed by atoms with Crippen molar-refractivity contribution in [2.45, 2.75) is 25.2 Å². The molecule has 1 N–H and O–H groups in total. The van der Waals surface area contributed by atoms with Crippen LogP contribution < -0.4 is 9.46 Å². The molecule has 1 heterocycles. The fraction of sp³-hybridized carbons (Fsp3) is 0.400. The van der Waals surface area contributed by atoms with Crippen LogP contribution in [0.3, 0.4) is 0 Å². The molecule has 0 atom stereocenters. The highest BCUT2D eigenvalue weighted by Crippen LogP contribution is 2.29. The molecule has 0 spiro atoms. The maximum absolute atomic E-state index is 12.4. The number of nitrogens with one attached hydrogen (secondary N) is 1. The smallest absolute Gasteiger partial charge is 0.241 e. The predicted molar refractivity (Wildman–Crippen MR) is 82.9 cm³/mol. The first-order valence-corrected chi connectivity index (χ1v) is 8.35. The van der Waals surface area contributed by atoms with E-state index in [0.717, 1.165) is 6.42 Å². The van der Waals surface area contributed by atoms with E-state index in [-0.39, 0.29) is 4.90 Å². The fourth-order valence-electron chi connectivity index (χ4n) is 2.08. The van der Waals surface area contributed by atoms with Crippen LogP contribution in [0.4, 0.5) is 0 Å². The van der Waals surface area contributed by atoms with Crippen LogP contribution in [0.25, 0.3) is 10.9 Å². The Bertz CT molecular complexity index is 727. The molecular weight excluding hydrogens is 288 g/mol. The van der Waals surface area contributed by atoms with Crippen molar-refractivity contribution < 1.29 is 13.2 Å². The van der Waals surface area contributed by atoms with E-state index in [2.05, 4.69) is 23.6 Å². The lowest BCUT2D eigenvalue weighted by Gasteiger charge is -2.12. The number of benzene rings is 1. The summed E-state index contributed by atoms with van der Waals surface area (Å²) in [5.41, 5.74) is 0.548. The number of hydrogen-bond acceptors (Lipinski definition) is 4. The molecular formula is C15H20N2O3S. The van der Waals surface area contributed by atoms with Crippen LogP contribution >= 0.6 is 0 Å². The summed E-state index contributed by atoms with van der Waals surface area (Å²) in [5, 5.41) is 0.564. The SMILES string of the molecule is COc1ccc(S(=O)(=O)NCCC(C)C)c2cccnc12. The lowest BCUT2D eigenvalue weighted by atomic mass is 10.1. The average Bonchev–Trinajstić information content (AvgIpc) is 2.45. The van der Waals surface area contributed by atoms with E-state index < -0.39 is 10.0 Å². The Labute approximate surface area is 125 Å². The van der Waals surface area contributed by atoms with Crippen molar-refractivity contribution >= 4 is 20.9 Å². The summed E-state index contributed by atoms with van der Waals surface area (Å²) >= 11 is 0. The molecule has 0 unspecified atom stereocenters. The first-order chi connectivity index (χ1) is 9.95. The first-order valence-electron chi connectivity index (χ1n) is 6.87. The second-order valence-corrected chi connectivity index (χ2v) is 6.98. The molecule has 1 aromatic heterocycles. The Morgan fingerprint density at radius 1 is 1.29 bits per heavy atom. The third-order valence-corrected chi connectivity index (χ3v) is 4.74. The van der Waals surface area contributed by atoms with E-state index in [1.54, 1.807) is 37.6 Å². The van der Waals surface area contributed by atoms with Crippen LogP contribution in [0.5, 0.6) is 5.75 Å². The second-order valence-electron chi connectivity index (χ2n) is 5.25.